The topological polar surface area (TPSA) is 95.5 Å². The molecule has 0 bridgehead atoms. The number of hydrogen-bond donors (Lipinski definition) is 1. The minimum Gasteiger partial charge on any atom is -0.462 e. The number of nitrogens with zero attached hydrogens (tertiary/aromatic N) is 4. The van der Waals surface area contributed by atoms with Crippen molar-refractivity contribution in [1.29, 1.82) is 0 Å². The first-order valence-electron chi connectivity index (χ1n) is 9.94. The molecule has 0 saturated heterocycles. The Morgan fingerprint density at radius 1 is 1.03 bits per heavy atom. The van der Waals surface area contributed by atoms with Crippen molar-refractivity contribution in [2.24, 2.45) is 16.1 Å². The summed E-state index contributed by atoms with van der Waals surface area (Å²) in [6.45, 7) is 6.46. The van der Waals surface area contributed by atoms with Gasteiger partial charge in [-0.3, -0.25) is 0 Å². The highest BCUT2D eigenvalue weighted by Gasteiger charge is 2.47. The van der Waals surface area contributed by atoms with Gasteiger partial charge in [-0.05, 0) is 44.5 Å². The molecule has 7 heteroatoms. The number of aliphatic imine (C=N–C) groups is 1. The van der Waals surface area contributed by atoms with Gasteiger partial charge in [0.2, 0.25) is 5.88 Å². The van der Waals surface area contributed by atoms with Crippen molar-refractivity contribution < 1.29 is 9.47 Å². The molecule has 1 atom stereocenters. The van der Waals surface area contributed by atoms with Crippen molar-refractivity contribution in [1.82, 2.24) is 15.0 Å². The molecule has 2 aliphatic rings. The molecule has 5 rings (SSSR count). The summed E-state index contributed by atoms with van der Waals surface area (Å²) < 4.78 is 11.8. The molecule has 7 nitrogen and oxygen atoms in total. The lowest BCUT2D eigenvalue weighted by atomic mass is 9.81. The predicted octanol–water partition coefficient (Wildman–Crippen LogP) is 3.63. The van der Waals surface area contributed by atoms with Crippen LogP contribution in [0.15, 0.2) is 54.2 Å². The van der Waals surface area contributed by atoms with E-state index >= 15 is 0 Å². The van der Waals surface area contributed by atoms with E-state index in [9.17, 15) is 0 Å². The van der Waals surface area contributed by atoms with Crippen LogP contribution in [0.4, 0.5) is 0 Å². The van der Waals surface area contributed by atoms with Gasteiger partial charge in [-0.1, -0.05) is 17.9 Å². The summed E-state index contributed by atoms with van der Waals surface area (Å²) >= 11 is 0. The molecule has 2 aromatic heterocycles. The Labute approximate surface area is 180 Å². The number of hydrogen-bond acceptors (Lipinski definition) is 7. The summed E-state index contributed by atoms with van der Waals surface area (Å²) in [5.41, 5.74) is 9.26. The number of rotatable bonds is 1. The summed E-state index contributed by atoms with van der Waals surface area (Å²) in [6.07, 6.45) is 6.76. The lowest BCUT2D eigenvalue weighted by molar-refractivity contribution is 0.262. The molecule has 0 aliphatic carbocycles. The van der Waals surface area contributed by atoms with Crippen molar-refractivity contribution in [3.05, 3.63) is 65.9 Å². The van der Waals surface area contributed by atoms with Gasteiger partial charge in [-0.2, -0.15) is 0 Å². The van der Waals surface area contributed by atoms with Crippen LogP contribution in [-0.2, 0) is 10.3 Å². The molecule has 4 heterocycles. The average molecular weight is 411 g/mol. The average Bonchev–Trinajstić information content (AvgIpc) is 3.15. The Kier molecular flexibility index (Phi) is 4.19. The van der Waals surface area contributed by atoms with Gasteiger partial charge in [-0.25, -0.2) is 19.9 Å². The first-order chi connectivity index (χ1) is 14.8. The molecule has 1 aromatic carbocycles. The predicted molar refractivity (Wildman–Crippen MR) is 116 cm³/mol. The summed E-state index contributed by atoms with van der Waals surface area (Å²) in [5, 5.41) is 0. The third-order valence-corrected chi connectivity index (χ3v) is 5.13. The number of nitrogens with two attached hydrogens (primary N) is 1. The molecular weight excluding hydrogens is 390 g/mol. The summed E-state index contributed by atoms with van der Waals surface area (Å²) in [5.74, 6) is 7.60. The fourth-order valence-corrected chi connectivity index (χ4v) is 3.68. The van der Waals surface area contributed by atoms with Crippen LogP contribution >= 0.6 is 0 Å². The fraction of sp³-hybridized carbons (Fsp3) is 0.250. The molecule has 154 valence electrons. The second kappa shape index (κ2) is 6.81. The minimum absolute atomic E-state index is 0.123. The van der Waals surface area contributed by atoms with Gasteiger partial charge in [0.05, 0.1) is 5.56 Å². The number of benzene rings is 1. The van der Waals surface area contributed by atoms with Crippen molar-refractivity contribution >= 4 is 6.02 Å². The highest BCUT2D eigenvalue weighted by molar-refractivity contribution is 5.77. The van der Waals surface area contributed by atoms with E-state index in [-0.39, 0.29) is 18.0 Å². The first kappa shape index (κ1) is 19.1. The molecular formula is C24H21N5O2. The Hall–Kier alpha value is -3.92. The fourth-order valence-electron chi connectivity index (χ4n) is 3.68. The summed E-state index contributed by atoms with van der Waals surface area (Å²) in [7, 11) is 0. The van der Waals surface area contributed by atoms with Gasteiger partial charge in [0.1, 0.15) is 18.7 Å². The Bertz CT molecular complexity index is 1270. The highest BCUT2D eigenvalue weighted by atomic mass is 16.5. The molecule has 0 saturated carbocycles. The van der Waals surface area contributed by atoms with Crippen molar-refractivity contribution in [3.8, 4) is 34.6 Å². The molecule has 0 radical (unpaired) electrons. The molecule has 2 N–H and O–H groups in total. The van der Waals surface area contributed by atoms with Gasteiger partial charge >= 0.3 is 0 Å². The molecule has 1 spiro atoms. The maximum atomic E-state index is 6.13. The van der Waals surface area contributed by atoms with E-state index in [0.29, 0.717) is 11.6 Å². The normalized spacial score (nSPS) is 18.7. The molecule has 2 aliphatic heterocycles. The molecule has 0 amide bonds. The van der Waals surface area contributed by atoms with Gasteiger partial charge in [0.25, 0.3) is 6.02 Å². The zero-order valence-corrected chi connectivity index (χ0v) is 17.5. The maximum absolute atomic E-state index is 6.13. The van der Waals surface area contributed by atoms with Crippen LogP contribution < -0.4 is 10.5 Å². The Morgan fingerprint density at radius 3 is 2.55 bits per heavy atom. The largest absolute Gasteiger partial charge is 0.462 e. The van der Waals surface area contributed by atoms with Gasteiger partial charge in [0, 0.05) is 40.7 Å². The van der Waals surface area contributed by atoms with Crippen molar-refractivity contribution in [3.63, 3.8) is 0 Å². The van der Waals surface area contributed by atoms with Crippen molar-refractivity contribution in [2.45, 2.75) is 26.3 Å². The quantitative estimate of drug-likeness (QED) is 0.615. The number of pyridine rings is 1. The van der Waals surface area contributed by atoms with Crippen LogP contribution in [0.3, 0.4) is 0 Å². The van der Waals surface area contributed by atoms with Crippen LogP contribution in [0.2, 0.25) is 0 Å². The van der Waals surface area contributed by atoms with Crippen LogP contribution in [0.25, 0.3) is 11.1 Å². The van der Waals surface area contributed by atoms with Crippen LogP contribution in [0, 0.1) is 17.3 Å². The zero-order chi connectivity index (χ0) is 21.6. The minimum atomic E-state index is -0.856. The molecule has 0 fully saturated rings. The van der Waals surface area contributed by atoms with Gasteiger partial charge in [-0.15, -0.1) is 0 Å². The van der Waals surface area contributed by atoms with Crippen LogP contribution in [0.1, 0.15) is 37.5 Å². The number of aromatic nitrogens is 3. The Balaban J connectivity index is 1.69. The third-order valence-electron chi connectivity index (χ3n) is 5.13. The van der Waals surface area contributed by atoms with E-state index in [2.05, 4.69) is 47.6 Å². The van der Waals surface area contributed by atoms with Crippen molar-refractivity contribution in [2.75, 3.05) is 6.61 Å². The van der Waals surface area contributed by atoms with E-state index in [1.54, 1.807) is 18.6 Å². The second-order valence-corrected chi connectivity index (χ2v) is 8.62. The zero-order valence-electron chi connectivity index (χ0n) is 17.5. The number of ether oxygens (including phenoxy) is 2. The van der Waals surface area contributed by atoms with E-state index in [1.807, 2.05) is 24.3 Å². The summed E-state index contributed by atoms with van der Waals surface area (Å²) in [6, 6.07) is 7.99. The smallest absolute Gasteiger partial charge is 0.283 e. The van der Waals surface area contributed by atoms with E-state index in [1.165, 1.54) is 6.33 Å². The van der Waals surface area contributed by atoms with Gasteiger partial charge < -0.3 is 15.2 Å². The van der Waals surface area contributed by atoms with E-state index in [0.717, 1.165) is 27.8 Å². The Morgan fingerprint density at radius 2 is 1.84 bits per heavy atom. The van der Waals surface area contributed by atoms with Crippen LogP contribution in [0.5, 0.6) is 11.6 Å². The van der Waals surface area contributed by atoms with E-state index in [4.69, 9.17) is 20.2 Å². The highest BCUT2D eigenvalue weighted by Crippen LogP contribution is 2.51. The molecule has 31 heavy (non-hydrogen) atoms. The lowest BCUT2D eigenvalue weighted by Gasteiger charge is -2.33. The van der Waals surface area contributed by atoms with Crippen LogP contribution in [-0.4, -0.2) is 27.6 Å². The monoisotopic (exact) mass is 411 g/mol. The number of amidine groups is 1. The molecule has 3 aromatic rings. The summed E-state index contributed by atoms with van der Waals surface area (Å²) in [4.78, 5) is 17.5. The van der Waals surface area contributed by atoms with E-state index < -0.39 is 5.54 Å². The first-order valence-corrected chi connectivity index (χ1v) is 9.94. The standard InChI is InChI=1S/C24H21N5O2/c1-23(2,3)7-6-15-8-19-21(28-10-15)31-20-5-4-16(17-11-26-14-27-12-17)9-18(20)24(19)13-30-22(25)29-24/h4-5,8-12,14H,13H2,1-3H3,(H2,25,29)/t24-/m0/s1. The SMILES string of the molecule is CC(C)(C)C#Cc1cnc2c(c1)[C@]1(COC(N)=N1)c1cc(-c3cncnc3)ccc1O2. The third kappa shape index (κ3) is 3.36. The second-order valence-electron chi connectivity index (χ2n) is 8.62. The number of fused-ring (bicyclic) bond motifs is 4. The molecule has 0 unspecified atom stereocenters. The lowest BCUT2D eigenvalue weighted by Crippen LogP contribution is -2.31. The maximum Gasteiger partial charge on any atom is 0.283 e. The van der Waals surface area contributed by atoms with Gasteiger partial charge in [0.15, 0.2) is 5.54 Å².